The molecule has 3 aliphatic rings. The molecule has 0 spiro atoms. The standard InChI is InChI=1S/C23H34ClN3O3S/c1-3-25-13-10-20(11-14-25)27(19-7-8-19)23(28)18-6-9-21(24)22(15-18)31(29,30)26-12-4-5-17(2)16-26/h6,9,15,17,19-20H,3-5,7-8,10-14,16H2,1-2H3. The van der Waals surface area contributed by atoms with Crippen molar-refractivity contribution in [1.82, 2.24) is 14.1 Å². The molecule has 1 aromatic rings. The smallest absolute Gasteiger partial charge is 0.254 e. The van der Waals surface area contributed by atoms with E-state index < -0.39 is 10.0 Å². The highest BCUT2D eigenvalue weighted by atomic mass is 35.5. The number of rotatable bonds is 6. The molecule has 2 aliphatic heterocycles. The molecule has 172 valence electrons. The zero-order valence-electron chi connectivity index (χ0n) is 18.6. The number of hydrogen-bond acceptors (Lipinski definition) is 4. The van der Waals surface area contributed by atoms with Gasteiger partial charge in [-0.1, -0.05) is 25.4 Å². The van der Waals surface area contributed by atoms with E-state index in [-0.39, 0.29) is 27.9 Å². The zero-order chi connectivity index (χ0) is 22.2. The van der Waals surface area contributed by atoms with E-state index in [4.69, 9.17) is 11.6 Å². The Bertz CT molecular complexity index is 911. The first-order chi connectivity index (χ1) is 14.8. The van der Waals surface area contributed by atoms with Crippen molar-refractivity contribution in [3.8, 4) is 0 Å². The van der Waals surface area contributed by atoms with Gasteiger partial charge in [0.1, 0.15) is 4.90 Å². The highest BCUT2D eigenvalue weighted by Crippen LogP contribution is 2.35. The van der Waals surface area contributed by atoms with Gasteiger partial charge in [0.15, 0.2) is 0 Å². The van der Waals surface area contributed by atoms with Crippen molar-refractivity contribution in [2.75, 3.05) is 32.7 Å². The molecule has 31 heavy (non-hydrogen) atoms. The molecule has 6 nitrogen and oxygen atoms in total. The molecule has 0 bridgehead atoms. The normalized spacial score (nSPS) is 24.3. The first kappa shape index (κ1) is 23.0. The molecule has 3 fully saturated rings. The molecule has 8 heteroatoms. The third kappa shape index (κ3) is 4.95. The molecule has 0 radical (unpaired) electrons. The number of carbonyl (C=O) groups excluding carboxylic acids is 1. The van der Waals surface area contributed by atoms with Gasteiger partial charge in [0.25, 0.3) is 5.91 Å². The summed E-state index contributed by atoms with van der Waals surface area (Å²) in [6.45, 7) is 8.30. The van der Waals surface area contributed by atoms with E-state index in [1.54, 1.807) is 12.1 Å². The number of sulfonamides is 1. The van der Waals surface area contributed by atoms with Crippen LogP contribution in [0.5, 0.6) is 0 Å². The topological polar surface area (TPSA) is 60.9 Å². The van der Waals surface area contributed by atoms with E-state index in [2.05, 4.69) is 18.7 Å². The van der Waals surface area contributed by atoms with Gasteiger partial charge in [0, 0.05) is 43.8 Å². The van der Waals surface area contributed by atoms with Crippen LogP contribution in [0.2, 0.25) is 5.02 Å². The van der Waals surface area contributed by atoms with Crippen molar-refractivity contribution in [3.05, 3.63) is 28.8 Å². The van der Waals surface area contributed by atoms with E-state index in [1.165, 1.54) is 10.4 Å². The van der Waals surface area contributed by atoms with Crippen molar-refractivity contribution in [2.45, 2.75) is 69.4 Å². The molecule has 4 rings (SSSR count). The van der Waals surface area contributed by atoms with Crippen LogP contribution in [-0.2, 0) is 10.0 Å². The fourth-order valence-corrected chi connectivity index (χ4v) is 7.08. The van der Waals surface area contributed by atoms with Crippen LogP contribution in [0, 0.1) is 5.92 Å². The van der Waals surface area contributed by atoms with Crippen molar-refractivity contribution >= 4 is 27.5 Å². The molecular weight excluding hydrogens is 434 g/mol. The van der Waals surface area contributed by atoms with E-state index >= 15 is 0 Å². The van der Waals surface area contributed by atoms with Crippen molar-refractivity contribution in [2.24, 2.45) is 5.92 Å². The third-order valence-corrected chi connectivity index (χ3v) is 9.33. The predicted octanol–water partition coefficient (Wildman–Crippen LogP) is 3.85. The first-order valence-electron chi connectivity index (χ1n) is 11.7. The Morgan fingerprint density at radius 2 is 1.77 bits per heavy atom. The number of piperidine rings is 2. The Balaban J connectivity index is 1.58. The van der Waals surface area contributed by atoms with Gasteiger partial charge < -0.3 is 9.80 Å². The van der Waals surface area contributed by atoms with Crippen LogP contribution < -0.4 is 0 Å². The molecule has 1 amide bonds. The number of nitrogens with zero attached hydrogens (tertiary/aromatic N) is 3. The van der Waals surface area contributed by atoms with Gasteiger partial charge in [-0.3, -0.25) is 4.79 Å². The van der Waals surface area contributed by atoms with E-state index in [1.807, 2.05) is 4.90 Å². The molecule has 0 aromatic heterocycles. The van der Waals surface area contributed by atoms with Gasteiger partial charge in [-0.05, 0) is 69.2 Å². The van der Waals surface area contributed by atoms with Crippen LogP contribution in [-0.4, -0.2) is 73.2 Å². The highest BCUT2D eigenvalue weighted by Gasteiger charge is 2.39. The Kier molecular flexibility index (Phi) is 6.96. The lowest BCUT2D eigenvalue weighted by molar-refractivity contribution is 0.0554. The predicted molar refractivity (Wildman–Crippen MR) is 123 cm³/mol. The molecule has 1 saturated carbocycles. The Morgan fingerprint density at radius 1 is 1.10 bits per heavy atom. The second-order valence-electron chi connectivity index (χ2n) is 9.36. The Morgan fingerprint density at radius 3 is 2.39 bits per heavy atom. The molecule has 0 N–H and O–H groups in total. The summed E-state index contributed by atoms with van der Waals surface area (Å²) in [6.07, 6.45) is 5.89. The van der Waals surface area contributed by atoms with Gasteiger partial charge in [0.2, 0.25) is 10.0 Å². The first-order valence-corrected chi connectivity index (χ1v) is 13.5. The lowest BCUT2D eigenvalue weighted by Crippen LogP contribution is -2.48. The second-order valence-corrected chi connectivity index (χ2v) is 11.7. The summed E-state index contributed by atoms with van der Waals surface area (Å²) in [5.74, 6) is 0.268. The van der Waals surface area contributed by atoms with Gasteiger partial charge in [-0.2, -0.15) is 4.31 Å². The second kappa shape index (κ2) is 9.38. The number of carbonyl (C=O) groups is 1. The molecule has 1 atom stereocenters. The van der Waals surface area contributed by atoms with E-state index in [0.29, 0.717) is 24.6 Å². The van der Waals surface area contributed by atoms with Crippen LogP contribution in [0.15, 0.2) is 23.1 Å². The Hall–Kier alpha value is -1.15. The molecule has 2 saturated heterocycles. The van der Waals surface area contributed by atoms with Crippen molar-refractivity contribution in [1.29, 1.82) is 0 Å². The SMILES string of the molecule is CCN1CCC(N(C(=O)c2ccc(Cl)c(S(=O)(=O)N3CCCC(C)C3)c2)C2CC2)CC1. The monoisotopic (exact) mass is 467 g/mol. The maximum absolute atomic E-state index is 13.6. The van der Waals surface area contributed by atoms with Crippen LogP contribution >= 0.6 is 11.6 Å². The summed E-state index contributed by atoms with van der Waals surface area (Å²) < 4.78 is 28.2. The molecule has 2 heterocycles. The van der Waals surface area contributed by atoms with E-state index in [0.717, 1.165) is 58.2 Å². The fraction of sp³-hybridized carbons (Fsp3) is 0.696. The highest BCUT2D eigenvalue weighted by molar-refractivity contribution is 7.89. The number of amides is 1. The summed E-state index contributed by atoms with van der Waals surface area (Å²) in [5, 5.41) is 0.184. The maximum Gasteiger partial charge on any atom is 0.254 e. The van der Waals surface area contributed by atoms with Crippen molar-refractivity contribution in [3.63, 3.8) is 0 Å². The van der Waals surface area contributed by atoms with Gasteiger partial charge in [0.05, 0.1) is 5.02 Å². The van der Waals surface area contributed by atoms with Crippen LogP contribution in [0.3, 0.4) is 0 Å². The maximum atomic E-state index is 13.6. The summed E-state index contributed by atoms with van der Waals surface area (Å²) in [5.41, 5.74) is 0.429. The minimum absolute atomic E-state index is 0.0578. The minimum atomic E-state index is -3.72. The largest absolute Gasteiger partial charge is 0.333 e. The summed E-state index contributed by atoms with van der Waals surface area (Å²) >= 11 is 6.34. The van der Waals surface area contributed by atoms with Crippen molar-refractivity contribution < 1.29 is 13.2 Å². The van der Waals surface area contributed by atoms with Crippen LogP contribution in [0.4, 0.5) is 0 Å². The number of halogens is 1. The summed E-state index contributed by atoms with van der Waals surface area (Å²) in [4.78, 5) is 18.1. The number of hydrogen-bond donors (Lipinski definition) is 0. The summed E-state index contributed by atoms with van der Waals surface area (Å²) in [6, 6.07) is 5.26. The molecule has 1 unspecified atom stereocenters. The van der Waals surface area contributed by atoms with Crippen LogP contribution in [0.25, 0.3) is 0 Å². The minimum Gasteiger partial charge on any atom is -0.333 e. The van der Waals surface area contributed by atoms with Gasteiger partial charge in [-0.25, -0.2) is 8.42 Å². The van der Waals surface area contributed by atoms with E-state index in [9.17, 15) is 13.2 Å². The van der Waals surface area contributed by atoms with Crippen LogP contribution in [0.1, 0.15) is 62.7 Å². The Labute approximate surface area is 191 Å². The lowest BCUT2D eigenvalue weighted by atomic mass is 10.0. The summed E-state index contributed by atoms with van der Waals surface area (Å²) in [7, 11) is -3.72. The molecular formula is C23H34ClN3O3S. The molecule has 1 aliphatic carbocycles. The third-order valence-electron chi connectivity index (χ3n) is 6.99. The molecule has 1 aromatic carbocycles. The van der Waals surface area contributed by atoms with Gasteiger partial charge >= 0.3 is 0 Å². The zero-order valence-corrected chi connectivity index (χ0v) is 20.2. The average Bonchev–Trinajstić information content (AvgIpc) is 3.59. The fourth-order valence-electron chi connectivity index (χ4n) is 4.98. The lowest BCUT2D eigenvalue weighted by Gasteiger charge is -2.38. The van der Waals surface area contributed by atoms with Gasteiger partial charge in [-0.15, -0.1) is 0 Å². The quantitative estimate of drug-likeness (QED) is 0.637. The number of benzene rings is 1. The average molecular weight is 468 g/mol. The number of likely N-dealkylation sites (tertiary alicyclic amines) is 1.